The number of methoxy groups -OCH3 is 1. The van der Waals surface area contributed by atoms with Crippen LogP contribution in [0.2, 0.25) is 0 Å². The number of nitrogens with one attached hydrogen (secondary N) is 1. The number of hydrogen-bond acceptors (Lipinski definition) is 7. The Balaban J connectivity index is 1.56. The van der Waals surface area contributed by atoms with Gasteiger partial charge in [0.05, 0.1) is 19.6 Å². The first-order valence-corrected chi connectivity index (χ1v) is 15.0. The lowest BCUT2D eigenvalue weighted by Gasteiger charge is -2.38. The number of ether oxygens (including phenoxy) is 4. The molecule has 4 atom stereocenters. The number of rotatable bonds is 11. The van der Waals surface area contributed by atoms with Gasteiger partial charge in [-0.25, -0.2) is 4.79 Å². The molecule has 2 aromatic carbocycles. The molecule has 2 aromatic rings. The number of hydrogen-bond donors (Lipinski definition) is 2. The molecule has 1 amide bonds. The Morgan fingerprint density at radius 2 is 1.76 bits per heavy atom. The summed E-state index contributed by atoms with van der Waals surface area (Å²) in [7, 11) is 1.58. The standard InChI is InChI=1S/C33H46N2O6/c1-22(2)27-16-14-23(3)18-29(27)41-32(37)35-33(34,20-31(36)39-21-24-10-6-5-7-11-24)25-15-17-28(38-4)30(19-25)40-26-12-8-9-13-26/h5-7,10-11,15,17,19,22-23,26-27,29H,8-9,12-14,16,18,20-21,34H2,1-4H3,(H,35,37)/t23?,27?,29?,33-/m1/s1. The summed E-state index contributed by atoms with van der Waals surface area (Å²) in [5, 5.41) is 2.84. The molecule has 2 fully saturated rings. The van der Waals surface area contributed by atoms with E-state index in [0.717, 1.165) is 50.5 Å². The van der Waals surface area contributed by atoms with Crippen molar-refractivity contribution < 1.29 is 28.5 Å². The second-order valence-electron chi connectivity index (χ2n) is 12.1. The van der Waals surface area contributed by atoms with Crippen LogP contribution < -0.4 is 20.5 Å². The van der Waals surface area contributed by atoms with Crippen molar-refractivity contribution in [2.45, 2.75) is 96.6 Å². The molecule has 3 N–H and O–H groups in total. The molecule has 0 aromatic heterocycles. The van der Waals surface area contributed by atoms with Crippen LogP contribution in [-0.2, 0) is 26.5 Å². The van der Waals surface area contributed by atoms with Gasteiger partial charge in [0.25, 0.3) is 0 Å². The largest absolute Gasteiger partial charge is 0.493 e. The Bertz CT molecular complexity index is 1150. The number of amides is 1. The Morgan fingerprint density at radius 3 is 2.44 bits per heavy atom. The second-order valence-corrected chi connectivity index (χ2v) is 12.1. The highest BCUT2D eigenvalue weighted by Crippen LogP contribution is 2.37. The van der Waals surface area contributed by atoms with E-state index in [9.17, 15) is 9.59 Å². The lowest BCUT2D eigenvalue weighted by molar-refractivity contribution is -0.146. The Morgan fingerprint density at radius 1 is 1.02 bits per heavy atom. The molecular formula is C33H46N2O6. The van der Waals surface area contributed by atoms with Crippen LogP contribution in [0.4, 0.5) is 4.79 Å². The Kier molecular flexibility index (Phi) is 10.5. The molecular weight excluding hydrogens is 520 g/mol. The van der Waals surface area contributed by atoms with E-state index in [1.54, 1.807) is 25.3 Å². The molecule has 8 heteroatoms. The first-order valence-electron chi connectivity index (χ1n) is 15.0. The van der Waals surface area contributed by atoms with Crippen molar-refractivity contribution in [2.24, 2.45) is 23.5 Å². The summed E-state index contributed by atoms with van der Waals surface area (Å²) < 4.78 is 23.4. The number of alkyl carbamates (subject to hydrolysis) is 1. The molecule has 0 aliphatic heterocycles. The van der Waals surface area contributed by atoms with Crippen LogP contribution in [0, 0.1) is 17.8 Å². The summed E-state index contributed by atoms with van der Waals surface area (Å²) in [5.74, 6) is 1.67. The van der Waals surface area contributed by atoms with E-state index in [4.69, 9.17) is 24.7 Å². The number of benzene rings is 2. The third kappa shape index (κ3) is 8.38. The van der Waals surface area contributed by atoms with Crippen LogP contribution in [0.3, 0.4) is 0 Å². The van der Waals surface area contributed by atoms with E-state index in [1.807, 2.05) is 30.3 Å². The van der Waals surface area contributed by atoms with Gasteiger partial charge in [-0.3, -0.25) is 10.1 Å². The van der Waals surface area contributed by atoms with Crippen molar-refractivity contribution in [3.05, 3.63) is 59.7 Å². The summed E-state index contributed by atoms with van der Waals surface area (Å²) in [6.07, 6.45) is 6.02. The number of carbonyl (C=O) groups is 2. The van der Waals surface area contributed by atoms with Gasteiger partial charge in [0.15, 0.2) is 11.5 Å². The van der Waals surface area contributed by atoms with Crippen molar-refractivity contribution in [3.8, 4) is 11.5 Å². The van der Waals surface area contributed by atoms with Crippen LogP contribution >= 0.6 is 0 Å². The molecule has 2 aliphatic rings. The van der Waals surface area contributed by atoms with Crippen molar-refractivity contribution in [3.63, 3.8) is 0 Å². The molecule has 3 unspecified atom stereocenters. The highest BCUT2D eigenvalue weighted by molar-refractivity contribution is 5.75. The maximum absolute atomic E-state index is 13.4. The maximum Gasteiger partial charge on any atom is 0.409 e. The fourth-order valence-corrected chi connectivity index (χ4v) is 6.07. The van der Waals surface area contributed by atoms with Crippen molar-refractivity contribution in [1.29, 1.82) is 0 Å². The average molecular weight is 567 g/mol. The van der Waals surface area contributed by atoms with Gasteiger partial charge in [-0.2, -0.15) is 0 Å². The fraction of sp³-hybridized carbons (Fsp3) is 0.576. The van der Waals surface area contributed by atoms with Crippen molar-refractivity contribution in [1.82, 2.24) is 5.32 Å². The minimum atomic E-state index is -1.60. The molecule has 0 saturated heterocycles. The third-order valence-corrected chi connectivity index (χ3v) is 8.49. The molecule has 2 aliphatic carbocycles. The summed E-state index contributed by atoms with van der Waals surface area (Å²) in [6, 6.07) is 14.7. The first kappa shape index (κ1) is 30.7. The molecule has 0 radical (unpaired) electrons. The van der Waals surface area contributed by atoms with Gasteiger partial charge >= 0.3 is 12.1 Å². The van der Waals surface area contributed by atoms with Gasteiger partial charge in [-0.05, 0) is 79.5 Å². The van der Waals surface area contributed by atoms with E-state index >= 15 is 0 Å². The van der Waals surface area contributed by atoms with E-state index < -0.39 is 17.7 Å². The van der Waals surface area contributed by atoms with Gasteiger partial charge in [0.2, 0.25) is 0 Å². The number of esters is 1. The van der Waals surface area contributed by atoms with Crippen molar-refractivity contribution in [2.75, 3.05) is 7.11 Å². The lowest BCUT2D eigenvalue weighted by atomic mass is 9.75. The Labute approximate surface area is 244 Å². The van der Waals surface area contributed by atoms with Crippen LogP contribution in [0.15, 0.2) is 48.5 Å². The molecule has 0 heterocycles. The molecule has 224 valence electrons. The highest BCUT2D eigenvalue weighted by atomic mass is 16.6. The van der Waals surface area contributed by atoms with Crippen LogP contribution in [0.5, 0.6) is 11.5 Å². The predicted molar refractivity (Wildman–Crippen MR) is 157 cm³/mol. The van der Waals surface area contributed by atoms with Gasteiger partial charge in [0, 0.05) is 0 Å². The zero-order valence-electron chi connectivity index (χ0n) is 24.9. The predicted octanol–water partition coefficient (Wildman–Crippen LogP) is 6.45. The quantitative estimate of drug-likeness (QED) is 0.238. The normalized spacial score (nSPS) is 22.5. The van der Waals surface area contributed by atoms with Crippen LogP contribution in [-0.4, -0.2) is 31.4 Å². The zero-order valence-corrected chi connectivity index (χ0v) is 24.9. The zero-order chi connectivity index (χ0) is 29.4. The van der Waals surface area contributed by atoms with Gasteiger partial charge in [0.1, 0.15) is 18.4 Å². The first-order chi connectivity index (χ1) is 19.7. The maximum atomic E-state index is 13.4. The van der Waals surface area contributed by atoms with Crippen molar-refractivity contribution >= 4 is 12.1 Å². The summed E-state index contributed by atoms with van der Waals surface area (Å²) in [4.78, 5) is 26.5. The van der Waals surface area contributed by atoms with E-state index in [0.29, 0.717) is 28.9 Å². The number of carbonyl (C=O) groups excluding carboxylic acids is 2. The molecule has 0 spiro atoms. The second kappa shape index (κ2) is 14.1. The summed E-state index contributed by atoms with van der Waals surface area (Å²) in [6.45, 7) is 6.61. The summed E-state index contributed by atoms with van der Waals surface area (Å²) >= 11 is 0. The number of nitrogens with two attached hydrogens (primary N) is 1. The van der Waals surface area contributed by atoms with Gasteiger partial charge in [-0.1, -0.05) is 63.6 Å². The van der Waals surface area contributed by atoms with Gasteiger partial charge < -0.3 is 24.7 Å². The molecule has 8 nitrogen and oxygen atoms in total. The average Bonchev–Trinajstić information content (AvgIpc) is 3.45. The van der Waals surface area contributed by atoms with E-state index in [2.05, 4.69) is 26.1 Å². The van der Waals surface area contributed by atoms with Crippen LogP contribution in [0.25, 0.3) is 0 Å². The monoisotopic (exact) mass is 566 g/mol. The minimum Gasteiger partial charge on any atom is -0.493 e. The molecule has 41 heavy (non-hydrogen) atoms. The summed E-state index contributed by atoms with van der Waals surface area (Å²) in [5.41, 5.74) is 6.64. The van der Waals surface area contributed by atoms with E-state index in [-0.39, 0.29) is 31.2 Å². The van der Waals surface area contributed by atoms with Gasteiger partial charge in [-0.15, -0.1) is 0 Å². The lowest BCUT2D eigenvalue weighted by Crippen LogP contribution is -2.55. The Hall–Kier alpha value is -3.26. The molecule has 0 bridgehead atoms. The molecule has 2 saturated carbocycles. The smallest absolute Gasteiger partial charge is 0.409 e. The SMILES string of the molecule is COc1ccc([C@@](N)(CC(=O)OCc2ccccc2)NC(=O)OC2CC(C)CCC2C(C)C)cc1OC1CCCC1. The van der Waals surface area contributed by atoms with E-state index in [1.165, 1.54) is 0 Å². The fourth-order valence-electron chi connectivity index (χ4n) is 6.07. The minimum absolute atomic E-state index is 0.0846. The highest BCUT2D eigenvalue weighted by Gasteiger charge is 2.38. The molecule has 4 rings (SSSR count). The topological polar surface area (TPSA) is 109 Å². The third-order valence-electron chi connectivity index (χ3n) is 8.49. The van der Waals surface area contributed by atoms with Crippen LogP contribution in [0.1, 0.15) is 83.3 Å².